The maximum absolute atomic E-state index is 13.3. The SMILES string of the molecule is C/C=C/[C@H](O)C(C)(C)[C@@H]1C\C=C/C=C\C=C\[C@H](OC)Cc2nc(co2)C(=O)O[C@@H](C(C)(C)[C@@H](O)/C=C/C)C/C=C\[C@@H](O)[C@@H](O)/C=C/C=C\c2nc(co2)C(=O)O1. The summed E-state index contributed by atoms with van der Waals surface area (Å²) >= 11 is 0. The molecule has 0 aromatic carbocycles. The third kappa shape index (κ3) is 13.4. The number of carbonyl (C=O) groups excluding carboxylic acids is 2. The molecule has 2 aromatic heterocycles. The quantitative estimate of drug-likeness (QED) is 0.183. The minimum Gasteiger partial charge on any atom is -0.457 e. The van der Waals surface area contributed by atoms with Crippen molar-refractivity contribution in [1.82, 2.24) is 9.97 Å². The van der Waals surface area contributed by atoms with Crippen LogP contribution in [0.25, 0.3) is 6.08 Å². The fourth-order valence-corrected chi connectivity index (χ4v) is 5.47. The van der Waals surface area contributed by atoms with Gasteiger partial charge in [-0.25, -0.2) is 19.6 Å². The smallest absolute Gasteiger partial charge is 0.360 e. The molecule has 56 heavy (non-hydrogen) atoms. The Morgan fingerprint density at radius 1 is 0.732 bits per heavy atom. The molecule has 2 aromatic rings. The second kappa shape index (κ2) is 22.0. The number of ether oxygens (including phenoxy) is 3. The van der Waals surface area contributed by atoms with Gasteiger partial charge in [0, 0.05) is 36.9 Å². The fraction of sp³-hybridized carbons (Fsp3) is 0.442. The number of aromatic nitrogens is 2. The maximum atomic E-state index is 13.3. The summed E-state index contributed by atoms with van der Waals surface area (Å²) in [5.74, 6) is -1.15. The van der Waals surface area contributed by atoms with Crippen molar-refractivity contribution in [2.45, 2.75) is 104 Å². The van der Waals surface area contributed by atoms with E-state index in [9.17, 15) is 30.0 Å². The van der Waals surface area contributed by atoms with Crippen LogP contribution < -0.4 is 0 Å². The molecular formula is C43H56N2O11. The first-order chi connectivity index (χ1) is 26.6. The number of oxazole rings is 2. The Morgan fingerprint density at radius 2 is 1.27 bits per heavy atom. The Balaban J connectivity index is 1.93. The second-order valence-electron chi connectivity index (χ2n) is 14.4. The lowest BCUT2D eigenvalue weighted by molar-refractivity contribution is -0.0462. The zero-order valence-corrected chi connectivity index (χ0v) is 33.1. The van der Waals surface area contributed by atoms with E-state index in [4.69, 9.17) is 23.0 Å². The minimum absolute atomic E-state index is 0.0613. The van der Waals surface area contributed by atoms with Crippen molar-refractivity contribution in [1.29, 1.82) is 0 Å². The molecular weight excluding hydrogens is 720 g/mol. The average molecular weight is 777 g/mol. The number of esters is 2. The van der Waals surface area contributed by atoms with Crippen LogP contribution in [0, 0.1) is 10.8 Å². The van der Waals surface area contributed by atoms with E-state index >= 15 is 0 Å². The highest BCUT2D eigenvalue weighted by atomic mass is 16.6. The van der Waals surface area contributed by atoms with Crippen molar-refractivity contribution in [3.05, 3.63) is 127 Å². The van der Waals surface area contributed by atoms with E-state index in [1.54, 1.807) is 102 Å². The molecule has 0 saturated carbocycles. The summed E-state index contributed by atoms with van der Waals surface area (Å²) in [6.07, 6.45) is 22.5. The van der Waals surface area contributed by atoms with E-state index in [1.165, 1.54) is 50.0 Å². The molecule has 4 N–H and O–H groups in total. The third-order valence-electron chi connectivity index (χ3n) is 9.44. The van der Waals surface area contributed by atoms with Crippen molar-refractivity contribution in [2.75, 3.05) is 7.11 Å². The predicted molar refractivity (Wildman–Crippen MR) is 211 cm³/mol. The van der Waals surface area contributed by atoms with E-state index in [0.717, 1.165) is 0 Å². The summed E-state index contributed by atoms with van der Waals surface area (Å²) < 4.78 is 28.3. The van der Waals surface area contributed by atoms with Crippen LogP contribution in [0.15, 0.2) is 113 Å². The van der Waals surface area contributed by atoms with Crippen molar-refractivity contribution < 1.29 is 53.1 Å². The van der Waals surface area contributed by atoms with Gasteiger partial charge in [-0.1, -0.05) is 119 Å². The Hall–Kier alpha value is -4.92. The van der Waals surface area contributed by atoms with Gasteiger partial charge >= 0.3 is 11.9 Å². The number of carbonyl (C=O) groups is 2. The Bertz CT molecular complexity index is 1790. The van der Waals surface area contributed by atoms with Gasteiger partial charge in [-0.05, 0) is 13.8 Å². The number of aliphatic hydroxyl groups excluding tert-OH is 4. The van der Waals surface area contributed by atoms with E-state index in [2.05, 4.69) is 9.97 Å². The topological polar surface area (TPSA) is 195 Å². The molecule has 0 radical (unpaired) electrons. The molecule has 0 amide bonds. The van der Waals surface area contributed by atoms with Gasteiger partial charge in [-0.2, -0.15) is 0 Å². The van der Waals surface area contributed by atoms with Crippen LogP contribution in [-0.4, -0.2) is 92.2 Å². The normalized spacial score (nSPS) is 27.4. The van der Waals surface area contributed by atoms with Crippen molar-refractivity contribution >= 4 is 18.0 Å². The number of hydrogen-bond donors (Lipinski definition) is 4. The number of methoxy groups -OCH3 is 1. The van der Waals surface area contributed by atoms with Gasteiger partial charge in [0.2, 0.25) is 5.89 Å². The summed E-state index contributed by atoms with van der Waals surface area (Å²) in [6.45, 7) is 10.7. The first kappa shape index (κ1) is 45.5. The number of fused-ring (bicyclic) bond motifs is 4. The van der Waals surface area contributed by atoms with E-state index in [0.29, 0.717) is 0 Å². The molecule has 13 heteroatoms. The Labute approximate surface area is 328 Å². The van der Waals surface area contributed by atoms with Crippen molar-refractivity contribution in [2.24, 2.45) is 10.8 Å². The highest BCUT2D eigenvalue weighted by molar-refractivity contribution is 5.87. The number of allylic oxidation sites excluding steroid dienone is 8. The van der Waals surface area contributed by atoms with Crippen LogP contribution in [0.2, 0.25) is 0 Å². The van der Waals surface area contributed by atoms with Crippen LogP contribution >= 0.6 is 0 Å². The minimum atomic E-state index is -1.32. The van der Waals surface area contributed by atoms with Gasteiger partial charge in [0.05, 0.1) is 24.7 Å². The lowest BCUT2D eigenvalue weighted by Crippen LogP contribution is -2.42. The first-order valence-corrected chi connectivity index (χ1v) is 18.5. The molecule has 1 aliphatic heterocycles. The standard InChI is InChI=1S/C43H56N2O11/c1-8-18-34(48)42(3,4)36-23-14-12-10-11-13-20-29(52-7)26-39-45-31(28-54-39)41(51)56-37(43(5,6)35(49)19-9-2)24-17-22-33(47)32(46)21-15-16-25-38-44-30(27-53-38)40(50)55-36/h8-22,25,27-29,32-37,46-49H,23-24,26H2,1-7H3/b11-10-,14-12-,18-8+,19-9+,20-13+,21-15+,22-17-,25-16-/t29-,32-,33+,34-,35-,36-,37+/m0/s1. The van der Waals surface area contributed by atoms with Gasteiger partial charge in [-0.3, -0.25) is 0 Å². The van der Waals surface area contributed by atoms with Gasteiger partial charge in [0.25, 0.3) is 0 Å². The zero-order chi connectivity index (χ0) is 41.3. The van der Waals surface area contributed by atoms with E-state index < -0.39 is 65.5 Å². The van der Waals surface area contributed by atoms with Gasteiger partial charge in [0.1, 0.15) is 36.9 Å². The molecule has 0 aliphatic carbocycles. The van der Waals surface area contributed by atoms with Crippen LogP contribution in [0.1, 0.15) is 87.1 Å². The molecule has 3 rings (SSSR count). The third-order valence-corrected chi connectivity index (χ3v) is 9.44. The summed E-state index contributed by atoms with van der Waals surface area (Å²) in [5, 5.41) is 42.9. The molecule has 4 bridgehead atoms. The summed E-state index contributed by atoms with van der Waals surface area (Å²) in [5.41, 5.74) is -1.97. The highest BCUT2D eigenvalue weighted by Gasteiger charge is 2.39. The number of rotatable bonds is 7. The van der Waals surface area contributed by atoms with Crippen LogP contribution in [0.4, 0.5) is 0 Å². The number of hydrogen-bond acceptors (Lipinski definition) is 13. The molecule has 1 aliphatic rings. The van der Waals surface area contributed by atoms with Gasteiger partial charge in [0.15, 0.2) is 17.3 Å². The lowest BCUT2D eigenvalue weighted by Gasteiger charge is -2.36. The summed E-state index contributed by atoms with van der Waals surface area (Å²) in [7, 11) is 1.53. The molecule has 0 fully saturated rings. The molecule has 0 saturated heterocycles. The zero-order valence-electron chi connectivity index (χ0n) is 33.1. The number of aliphatic hydroxyl groups is 4. The second-order valence-corrected chi connectivity index (χ2v) is 14.4. The Kier molecular flexibility index (Phi) is 17.8. The number of nitrogens with zero attached hydrogens (tertiary/aromatic N) is 2. The largest absolute Gasteiger partial charge is 0.457 e. The molecule has 7 atom stereocenters. The lowest BCUT2D eigenvalue weighted by atomic mass is 9.79. The van der Waals surface area contributed by atoms with Crippen molar-refractivity contribution in [3.63, 3.8) is 0 Å². The molecule has 0 unspecified atom stereocenters. The van der Waals surface area contributed by atoms with Gasteiger partial charge < -0.3 is 43.5 Å². The molecule has 304 valence electrons. The molecule has 0 spiro atoms. The average Bonchev–Trinajstić information content (AvgIpc) is 3.84. The summed E-state index contributed by atoms with van der Waals surface area (Å²) in [4.78, 5) is 35.0. The monoisotopic (exact) mass is 776 g/mol. The molecule has 3 heterocycles. The highest BCUT2D eigenvalue weighted by Crippen LogP contribution is 2.33. The van der Waals surface area contributed by atoms with Crippen molar-refractivity contribution in [3.8, 4) is 0 Å². The fourth-order valence-electron chi connectivity index (χ4n) is 5.47. The van der Waals surface area contributed by atoms with Crippen LogP contribution in [0.3, 0.4) is 0 Å². The summed E-state index contributed by atoms with van der Waals surface area (Å²) in [6, 6.07) is 0. The molecule has 13 nitrogen and oxygen atoms in total. The maximum Gasteiger partial charge on any atom is 0.360 e. The first-order valence-electron chi connectivity index (χ1n) is 18.5. The van der Waals surface area contributed by atoms with Crippen LogP contribution in [0.5, 0.6) is 0 Å². The van der Waals surface area contributed by atoms with E-state index in [1.807, 2.05) is 6.08 Å². The Morgan fingerprint density at radius 3 is 1.88 bits per heavy atom. The van der Waals surface area contributed by atoms with Crippen LogP contribution in [-0.2, 0) is 20.6 Å². The van der Waals surface area contributed by atoms with Gasteiger partial charge in [-0.15, -0.1) is 0 Å². The number of cyclic esters (lactones) is 2. The predicted octanol–water partition coefficient (Wildman–Crippen LogP) is 6.21. The van der Waals surface area contributed by atoms with E-state index in [-0.39, 0.29) is 42.4 Å².